The number of nitrogens with one attached hydrogen (secondary N) is 2. The molecule has 1 unspecified atom stereocenters. The highest BCUT2D eigenvalue weighted by Gasteiger charge is 2.12. The lowest BCUT2D eigenvalue weighted by atomic mass is 10.1. The van der Waals surface area contributed by atoms with E-state index in [1.807, 2.05) is 0 Å². The van der Waals surface area contributed by atoms with Crippen LogP contribution < -0.4 is 19.7 Å². The van der Waals surface area contributed by atoms with Gasteiger partial charge in [0.25, 0.3) is 0 Å². The highest BCUT2D eigenvalue weighted by molar-refractivity contribution is 7.99. The lowest BCUT2D eigenvalue weighted by Gasteiger charge is -2.20. The van der Waals surface area contributed by atoms with Crippen LogP contribution in [0.3, 0.4) is 0 Å². The van der Waals surface area contributed by atoms with Crippen molar-refractivity contribution in [2.24, 2.45) is 0 Å². The Labute approximate surface area is 246 Å². The SMILES string of the molecule is CCCCNC(=O)CCCC(COCc1ccc(C)c(OCCCOC)c1)NCCc1cccc(N(C)SC)c1. The molecule has 2 aromatic carbocycles. The molecule has 224 valence electrons. The average Bonchev–Trinajstić information content (AvgIpc) is 2.96. The zero-order chi connectivity index (χ0) is 29.0. The van der Waals surface area contributed by atoms with Crippen LogP contribution >= 0.6 is 11.9 Å². The molecule has 0 bridgehead atoms. The first-order valence-corrected chi connectivity index (χ1v) is 15.8. The van der Waals surface area contributed by atoms with E-state index in [0.29, 0.717) is 32.8 Å². The number of nitrogens with zero attached hydrogens (tertiary/aromatic N) is 1. The van der Waals surface area contributed by atoms with Crippen molar-refractivity contribution in [1.29, 1.82) is 0 Å². The summed E-state index contributed by atoms with van der Waals surface area (Å²) in [6.45, 7) is 8.24. The molecule has 0 fully saturated rings. The van der Waals surface area contributed by atoms with Crippen LogP contribution in [-0.2, 0) is 27.3 Å². The number of rotatable bonds is 22. The molecule has 2 N–H and O–H groups in total. The third kappa shape index (κ3) is 13.9. The Hall–Kier alpha value is -2.26. The topological polar surface area (TPSA) is 72.1 Å². The van der Waals surface area contributed by atoms with Crippen molar-refractivity contribution < 1.29 is 19.0 Å². The zero-order valence-corrected chi connectivity index (χ0v) is 26.1. The van der Waals surface area contributed by atoms with E-state index < -0.39 is 0 Å². The summed E-state index contributed by atoms with van der Waals surface area (Å²) in [6, 6.07) is 15.1. The standard InChI is InChI=1S/C32H51N3O4S/c1-6-7-18-34-32(36)14-9-12-29(33-19-17-27-11-8-13-30(22-27)35(3)40-5)25-38-24-28-16-15-26(2)31(23-28)39-21-10-20-37-4/h8,11,13,15-16,22-23,29,33H,6-7,9-10,12,14,17-21,24-25H2,1-5H3,(H,34,36). The number of hydrogen-bond donors (Lipinski definition) is 2. The molecule has 2 rings (SSSR count). The van der Waals surface area contributed by atoms with E-state index in [1.165, 1.54) is 11.3 Å². The molecule has 40 heavy (non-hydrogen) atoms. The van der Waals surface area contributed by atoms with Crippen molar-refractivity contribution in [3.8, 4) is 5.75 Å². The number of amides is 1. The van der Waals surface area contributed by atoms with Crippen molar-refractivity contribution in [2.75, 3.05) is 57.6 Å². The van der Waals surface area contributed by atoms with E-state index in [0.717, 1.165) is 68.5 Å². The second-order valence-corrected chi connectivity index (χ2v) is 11.1. The zero-order valence-electron chi connectivity index (χ0n) is 25.3. The highest BCUT2D eigenvalue weighted by atomic mass is 32.2. The number of benzene rings is 2. The summed E-state index contributed by atoms with van der Waals surface area (Å²) in [6.07, 6.45) is 8.25. The summed E-state index contributed by atoms with van der Waals surface area (Å²) in [7, 11) is 3.79. The molecular formula is C32H51N3O4S. The minimum Gasteiger partial charge on any atom is -0.493 e. The fraction of sp³-hybridized carbons (Fsp3) is 0.594. The molecule has 1 atom stereocenters. The Kier molecular flexibility index (Phi) is 17.5. The summed E-state index contributed by atoms with van der Waals surface area (Å²) in [5.74, 6) is 1.04. The van der Waals surface area contributed by atoms with E-state index in [9.17, 15) is 4.79 Å². The Balaban J connectivity index is 1.89. The van der Waals surface area contributed by atoms with Gasteiger partial charge in [-0.2, -0.15) is 0 Å². The lowest BCUT2D eigenvalue weighted by molar-refractivity contribution is -0.121. The Morgan fingerprint density at radius 1 is 1.05 bits per heavy atom. The van der Waals surface area contributed by atoms with Gasteiger partial charge in [-0.15, -0.1) is 0 Å². The number of anilines is 1. The van der Waals surface area contributed by atoms with Gasteiger partial charge in [-0.1, -0.05) is 49.6 Å². The third-order valence-corrected chi connectivity index (χ3v) is 7.55. The van der Waals surface area contributed by atoms with Gasteiger partial charge in [0, 0.05) is 58.1 Å². The minimum absolute atomic E-state index is 0.139. The number of ether oxygens (including phenoxy) is 3. The summed E-state index contributed by atoms with van der Waals surface area (Å²) in [5.41, 5.74) is 4.72. The third-order valence-electron chi connectivity index (χ3n) is 6.79. The van der Waals surface area contributed by atoms with Crippen LogP contribution in [0.2, 0.25) is 0 Å². The lowest BCUT2D eigenvalue weighted by Crippen LogP contribution is -2.35. The van der Waals surface area contributed by atoms with Gasteiger partial charge in [0.05, 0.1) is 19.8 Å². The van der Waals surface area contributed by atoms with Crippen molar-refractivity contribution in [1.82, 2.24) is 10.6 Å². The molecule has 0 aliphatic heterocycles. The van der Waals surface area contributed by atoms with E-state index in [4.69, 9.17) is 14.2 Å². The summed E-state index contributed by atoms with van der Waals surface area (Å²) in [5, 5.41) is 6.71. The first-order chi connectivity index (χ1) is 19.5. The van der Waals surface area contributed by atoms with Crippen molar-refractivity contribution in [3.05, 3.63) is 59.2 Å². The number of unbranched alkanes of at least 4 members (excludes halogenated alkanes) is 1. The summed E-state index contributed by atoms with van der Waals surface area (Å²) >= 11 is 1.70. The molecule has 0 radical (unpaired) electrons. The smallest absolute Gasteiger partial charge is 0.219 e. The predicted molar refractivity (Wildman–Crippen MR) is 168 cm³/mol. The van der Waals surface area contributed by atoms with Crippen molar-refractivity contribution >= 4 is 23.5 Å². The largest absolute Gasteiger partial charge is 0.493 e. The van der Waals surface area contributed by atoms with Crippen LogP contribution in [0, 0.1) is 6.92 Å². The first-order valence-electron chi connectivity index (χ1n) is 14.6. The van der Waals surface area contributed by atoms with E-state index in [1.54, 1.807) is 19.1 Å². The number of carbonyl (C=O) groups excluding carboxylic acids is 1. The average molecular weight is 574 g/mol. The van der Waals surface area contributed by atoms with Crippen LogP contribution in [0.4, 0.5) is 5.69 Å². The first kappa shape index (κ1) is 33.9. The summed E-state index contributed by atoms with van der Waals surface area (Å²) in [4.78, 5) is 12.2. The Morgan fingerprint density at radius 3 is 2.67 bits per heavy atom. The quantitative estimate of drug-likeness (QED) is 0.134. The van der Waals surface area contributed by atoms with Gasteiger partial charge in [0.1, 0.15) is 5.75 Å². The van der Waals surface area contributed by atoms with Crippen LogP contribution in [0.25, 0.3) is 0 Å². The Bertz CT molecular complexity index is 975. The molecule has 0 aliphatic carbocycles. The van der Waals surface area contributed by atoms with Gasteiger partial charge in [-0.3, -0.25) is 4.79 Å². The maximum Gasteiger partial charge on any atom is 0.219 e. The highest BCUT2D eigenvalue weighted by Crippen LogP contribution is 2.21. The van der Waals surface area contributed by atoms with Crippen LogP contribution in [0.15, 0.2) is 42.5 Å². The minimum atomic E-state index is 0.139. The fourth-order valence-corrected chi connectivity index (χ4v) is 4.60. The second kappa shape index (κ2) is 20.6. The molecular weight excluding hydrogens is 522 g/mol. The van der Waals surface area contributed by atoms with Gasteiger partial charge in [-0.25, -0.2) is 0 Å². The van der Waals surface area contributed by atoms with Crippen LogP contribution in [0.1, 0.15) is 62.1 Å². The molecule has 0 saturated heterocycles. The number of aryl methyl sites for hydroxylation is 1. The molecule has 8 heteroatoms. The van der Waals surface area contributed by atoms with Gasteiger partial charge < -0.3 is 29.1 Å². The van der Waals surface area contributed by atoms with Crippen LogP contribution in [-0.4, -0.2) is 65.3 Å². The fourth-order valence-electron chi connectivity index (χ4n) is 4.27. The molecule has 2 aromatic rings. The predicted octanol–water partition coefficient (Wildman–Crippen LogP) is 5.93. The molecule has 0 saturated carbocycles. The van der Waals surface area contributed by atoms with E-state index >= 15 is 0 Å². The number of methoxy groups -OCH3 is 1. The molecule has 0 aliphatic rings. The number of hydrogen-bond acceptors (Lipinski definition) is 7. The van der Waals surface area contributed by atoms with Gasteiger partial charge in [-0.05, 0) is 74.0 Å². The molecule has 0 heterocycles. The normalized spacial score (nSPS) is 11.8. The van der Waals surface area contributed by atoms with E-state index in [-0.39, 0.29) is 11.9 Å². The van der Waals surface area contributed by atoms with Crippen molar-refractivity contribution in [2.45, 2.75) is 71.4 Å². The maximum atomic E-state index is 12.2. The van der Waals surface area contributed by atoms with Gasteiger partial charge in [0.2, 0.25) is 5.91 Å². The second-order valence-electron chi connectivity index (χ2n) is 10.2. The van der Waals surface area contributed by atoms with Crippen molar-refractivity contribution in [3.63, 3.8) is 0 Å². The van der Waals surface area contributed by atoms with E-state index in [2.05, 4.69) is 84.6 Å². The monoisotopic (exact) mass is 573 g/mol. The van der Waals surface area contributed by atoms with Gasteiger partial charge >= 0.3 is 0 Å². The molecule has 0 spiro atoms. The molecule has 1 amide bonds. The molecule has 0 aromatic heterocycles. The maximum absolute atomic E-state index is 12.2. The van der Waals surface area contributed by atoms with Gasteiger partial charge in [0.15, 0.2) is 0 Å². The Morgan fingerprint density at radius 2 is 1.90 bits per heavy atom. The number of carbonyl (C=O) groups is 1. The molecule has 7 nitrogen and oxygen atoms in total. The van der Waals surface area contributed by atoms with Crippen LogP contribution in [0.5, 0.6) is 5.75 Å². The summed E-state index contributed by atoms with van der Waals surface area (Å²) < 4.78 is 19.4.